The van der Waals surface area contributed by atoms with Crippen LogP contribution in [0.2, 0.25) is 0 Å². The highest BCUT2D eigenvalue weighted by atomic mass is 19.1. The molecule has 18 heavy (non-hydrogen) atoms. The van der Waals surface area contributed by atoms with E-state index in [1.54, 1.807) is 6.07 Å². The van der Waals surface area contributed by atoms with Crippen LogP contribution < -0.4 is 4.74 Å². The smallest absolute Gasteiger partial charge is 0.125 e. The van der Waals surface area contributed by atoms with Gasteiger partial charge in [0.1, 0.15) is 11.6 Å². The van der Waals surface area contributed by atoms with Crippen LogP contribution in [0.25, 0.3) is 0 Å². The molecule has 2 rings (SSSR count). The molecule has 0 unspecified atom stereocenters. The normalized spacial score (nSPS) is 23.9. The van der Waals surface area contributed by atoms with E-state index in [0.717, 1.165) is 18.8 Å². The van der Waals surface area contributed by atoms with Crippen LogP contribution in [-0.2, 0) is 6.61 Å². The zero-order valence-corrected chi connectivity index (χ0v) is 10.9. The van der Waals surface area contributed by atoms with Crippen LogP contribution in [0.1, 0.15) is 44.6 Å². The first-order valence-electron chi connectivity index (χ1n) is 6.78. The van der Waals surface area contributed by atoms with Crippen molar-refractivity contribution in [2.24, 2.45) is 5.92 Å². The zero-order valence-electron chi connectivity index (χ0n) is 10.9. The van der Waals surface area contributed by atoms with Crippen molar-refractivity contribution in [1.29, 1.82) is 0 Å². The van der Waals surface area contributed by atoms with Crippen LogP contribution in [-0.4, -0.2) is 11.2 Å². The summed E-state index contributed by atoms with van der Waals surface area (Å²) < 4.78 is 18.9. The van der Waals surface area contributed by atoms with E-state index in [9.17, 15) is 9.50 Å². The fraction of sp³-hybridized carbons (Fsp3) is 0.600. The van der Waals surface area contributed by atoms with E-state index in [-0.39, 0.29) is 18.5 Å². The number of aliphatic hydroxyl groups is 1. The first kappa shape index (κ1) is 13.3. The molecule has 0 amide bonds. The number of aliphatic hydroxyl groups excluding tert-OH is 1. The third-order valence-corrected chi connectivity index (χ3v) is 3.86. The molecular weight excluding hydrogens is 231 g/mol. The molecule has 0 atom stereocenters. The highest BCUT2D eigenvalue weighted by Crippen LogP contribution is 2.30. The molecule has 1 aliphatic rings. The second-order valence-electron chi connectivity index (χ2n) is 5.08. The number of rotatable bonds is 4. The van der Waals surface area contributed by atoms with Gasteiger partial charge >= 0.3 is 0 Å². The number of ether oxygens (including phenoxy) is 1. The van der Waals surface area contributed by atoms with Gasteiger partial charge in [0.25, 0.3) is 0 Å². The van der Waals surface area contributed by atoms with Crippen molar-refractivity contribution in [3.05, 3.63) is 29.6 Å². The standard InChI is InChI=1S/C15H21FO2/c1-2-11-3-6-14(7-4-11)18-15-8-5-13(16)9-12(15)10-17/h5,8-9,11,14,17H,2-4,6-7,10H2,1H3. The van der Waals surface area contributed by atoms with Gasteiger partial charge in [0, 0.05) is 5.56 Å². The summed E-state index contributed by atoms with van der Waals surface area (Å²) in [6.07, 6.45) is 5.98. The topological polar surface area (TPSA) is 29.5 Å². The summed E-state index contributed by atoms with van der Waals surface area (Å²) in [5, 5.41) is 9.21. The predicted molar refractivity (Wildman–Crippen MR) is 69.0 cm³/mol. The molecule has 1 aliphatic carbocycles. The summed E-state index contributed by atoms with van der Waals surface area (Å²) >= 11 is 0. The minimum Gasteiger partial charge on any atom is -0.490 e. The van der Waals surface area contributed by atoms with Crippen LogP contribution in [0.15, 0.2) is 18.2 Å². The minimum absolute atomic E-state index is 0.183. The minimum atomic E-state index is -0.332. The maximum atomic E-state index is 13.0. The van der Waals surface area contributed by atoms with Crippen molar-refractivity contribution in [2.75, 3.05) is 0 Å². The second kappa shape index (κ2) is 6.19. The molecule has 0 aliphatic heterocycles. The van der Waals surface area contributed by atoms with Crippen molar-refractivity contribution in [2.45, 2.75) is 51.7 Å². The molecule has 3 heteroatoms. The van der Waals surface area contributed by atoms with Gasteiger partial charge < -0.3 is 9.84 Å². The van der Waals surface area contributed by atoms with E-state index in [1.165, 1.54) is 31.4 Å². The Morgan fingerprint density at radius 2 is 2.00 bits per heavy atom. The van der Waals surface area contributed by atoms with Crippen LogP contribution >= 0.6 is 0 Å². The van der Waals surface area contributed by atoms with Gasteiger partial charge in [0.2, 0.25) is 0 Å². The lowest BCUT2D eigenvalue weighted by atomic mass is 9.86. The Bertz CT molecular complexity index is 384. The summed E-state index contributed by atoms with van der Waals surface area (Å²) in [6, 6.07) is 4.34. The highest BCUT2D eigenvalue weighted by molar-refractivity contribution is 5.33. The maximum Gasteiger partial charge on any atom is 0.125 e. The van der Waals surface area contributed by atoms with Crippen molar-refractivity contribution in [1.82, 2.24) is 0 Å². The number of benzene rings is 1. The quantitative estimate of drug-likeness (QED) is 0.886. The summed E-state index contributed by atoms with van der Waals surface area (Å²) in [4.78, 5) is 0. The van der Waals surface area contributed by atoms with E-state index in [4.69, 9.17) is 4.74 Å². The Balaban J connectivity index is 1.97. The van der Waals surface area contributed by atoms with Crippen molar-refractivity contribution < 1.29 is 14.2 Å². The first-order valence-corrected chi connectivity index (χ1v) is 6.78. The molecule has 0 radical (unpaired) electrons. The average molecular weight is 252 g/mol. The second-order valence-corrected chi connectivity index (χ2v) is 5.08. The molecule has 0 aromatic heterocycles. The Labute approximate surface area is 108 Å². The third kappa shape index (κ3) is 3.22. The predicted octanol–water partition coefficient (Wildman–Crippen LogP) is 3.67. The molecule has 2 nitrogen and oxygen atoms in total. The summed E-state index contributed by atoms with van der Waals surface area (Å²) in [7, 11) is 0. The molecule has 0 heterocycles. The summed E-state index contributed by atoms with van der Waals surface area (Å²) in [5.41, 5.74) is 0.535. The van der Waals surface area contributed by atoms with Gasteiger partial charge in [-0.15, -0.1) is 0 Å². The molecule has 1 aromatic carbocycles. The third-order valence-electron chi connectivity index (χ3n) is 3.86. The van der Waals surface area contributed by atoms with Crippen LogP contribution in [0.5, 0.6) is 5.75 Å². The highest BCUT2D eigenvalue weighted by Gasteiger charge is 2.21. The molecule has 1 fully saturated rings. The van der Waals surface area contributed by atoms with E-state index < -0.39 is 0 Å². The van der Waals surface area contributed by atoms with Gasteiger partial charge in [-0.3, -0.25) is 0 Å². The molecule has 100 valence electrons. The van der Waals surface area contributed by atoms with Gasteiger partial charge in [0.15, 0.2) is 0 Å². The van der Waals surface area contributed by atoms with E-state index in [2.05, 4.69) is 6.92 Å². The molecule has 0 saturated heterocycles. The largest absolute Gasteiger partial charge is 0.490 e. The monoisotopic (exact) mass is 252 g/mol. The van der Waals surface area contributed by atoms with Crippen molar-refractivity contribution in [3.63, 3.8) is 0 Å². The molecule has 1 aromatic rings. The Morgan fingerprint density at radius 3 is 2.61 bits per heavy atom. The molecule has 0 spiro atoms. The Morgan fingerprint density at radius 1 is 1.28 bits per heavy atom. The molecule has 1 saturated carbocycles. The molecule has 1 N–H and O–H groups in total. The lowest BCUT2D eigenvalue weighted by Gasteiger charge is -2.28. The molecular formula is C15H21FO2. The lowest BCUT2D eigenvalue weighted by molar-refractivity contribution is 0.126. The van der Waals surface area contributed by atoms with E-state index in [0.29, 0.717) is 11.3 Å². The van der Waals surface area contributed by atoms with Crippen LogP contribution in [0, 0.1) is 11.7 Å². The number of hydrogen-bond acceptors (Lipinski definition) is 2. The van der Waals surface area contributed by atoms with E-state index in [1.807, 2.05) is 0 Å². The number of halogens is 1. The lowest BCUT2D eigenvalue weighted by Crippen LogP contribution is -2.24. The first-order chi connectivity index (χ1) is 8.72. The van der Waals surface area contributed by atoms with Gasteiger partial charge in [-0.05, 0) is 49.8 Å². The van der Waals surface area contributed by atoms with Gasteiger partial charge in [-0.2, -0.15) is 0 Å². The van der Waals surface area contributed by atoms with Crippen LogP contribution in [0.4, 0.5) is 4.39 Å². The SMILES string of the molecule is CCC1CCC(Oc2ccc(F)cc2CO)CC1. The number of hydrogen-bond donors (Lipinski definition) is 1. The van der Waals surface area contributed by atoms with Crippen molar-refractivity contribution in [3.8, 4) is 5.75 Å². The molecule has 0 bridgehead atoms. The summed E-state index contributed by atoms with van der Waals surface area (Å²) in [6.45, 7) is 2.05. The fourth-order valence-corrected chi connectivity index (χ4v) is 2.62. The van der Waals surface area contributed by atoms with E-state index >= 15 is 0 Å². The van der Waals surface area contributed by atoms with Crippen LogP contribution in [0.3, 0.4) is 0 Å². The summed E-state index contributed by atoms with van der Waals surface area (Å²) in [5.74, 6) is 1.12. The van der Waals surface area contributed by atoms with Gasteiger partial charge in [-0.1, -0.05) is 13.3 Å². The Hall–Kier alpha value is -1.09. The van der Waals surface area contributed by atoms with Gasteiger partial charge in [0.05, 0.1) is 12.7 Å². The fourth-order valence-electron chi connectivity index (χ4n) is 2.62. The maximum absolute atomic E-state index is 13.0. The Kier molecular flexibility index (Phi) is 4.59. The zero-order chi connectivity index (χ0) is 13.0. The van der Waals surface area contributed by atoms with Crippen molar-refractivity contribution >= 4 is 0 Å². The van der Waals surface area contributed by atoms with Gasteiger partial charge in [-0.25, -0.2) is 4.39 Å². The average Bonchev–Trinajstić information content (AvgIpc) is 2.41.